The molecule has 0 unspecified atom stereocenters. The van der Waals surface area contributed by atoms with E-state index in [1.54, 1.807) is 72.8 Å². The fourth-order valence-electron chi connectivity index (χ4n) is 3.91. The highest BCUT2D eigenvalue weighted by Gasteiger charge is 2.24. The topological polar surface area (TPSA) is 154 Å². The average Bonchev–Trinajstić information content (AvgIpc) is 2.94. The lowest BCUT2D eigenvalue weighted by atomic mass is 10.1. The maximum Gasteiger partial charge on any atom is 0.326 e. The monoisotopic (exact) mass is 626 g/mol. The second-order valence-electron chi connectivity index (χ2n) is 8.91. The minimum atomic E-state index is -4.07. The molecular formula is C29H24Cl2N4O6S. The summed E-state index contributed by atoms with van der Waals surface area (Å²) in [7, 11) is -4.07. The summed E-state index contributed by atoms with van der Waals surface area (Å²) in [5.41, 5.74) is 1.38. The van der Waals surface area contributed by atoms with E-state index < -0.39 is 34.0 Å². The maximum atomic E-state index is 13.0. The third-order valence-electron chi connectivity index (χ3n) is 5.90. The quantitative estimate of drug-likeness (QED) is 0.148. The molecule has 0 aliphatic heterocycles. The van der Waals surface area contributed by atoms with Gasteiger partial charge in [-0.2, -0.15) is 0 Å². The van der Waals surface area contributed by atoms with Crippen LogP contribution in [0, 0.1) is 0 Å². The van der Waals surface area contributed by atoms with Crippen LogP contribution in [-0.2, 0) is 21.2 Å². The third-order valence-corrected chi connectivity index (χ3v) is 7.97. The van der Waals surface area contributed by atoms with Crippen molar-refractivity contribution in [2.45, 2.75) is 17.4 Å². The second-order valence-corrected chi connectivity index (χ2v) is 11.4. The number of carbonyl (C=O) groups is 3. The number of carbonyl (C=O) groups excluding carboxylic acids is 2. The number of nitrogens with one attached hydrogen (secondary N) is 4. The Balaban J connectivity index is 1.41. The van der Waals surface area contributed by atoms with Crippen LogP contribution in [0.1, 0.15) is 15.9 Å². The van der Waals surface area contributed by atoms with Crippen molar-refractivity contribution in [1.82, 2.24) is 5.32 Å². The van der Waals surface area contributed by atoms with E-state index in [2.05, 4.69) is 20.7 Å². The first kappa shape index (κ1) is 30.4. The number of para-hydroxylation sites is 2. The van der Waals surface area contributed by atoms with Crippen molar-refractivity contribution in [3.8, 4) is 0 Å². The Morgan fingerprint density at radius 2 is 1.36 bits per heavy atom. The Hall–Kier alpha value is -4.58. The average molecular weight is 628 g/mol. The van der Waals surface area contributed by atoms with Crippen LogP contribution in [0.3, 0.4) is 0 Å². The molecule has 0 fully saturated rings. The van der Waals surface area contributed by atoms with E-state index in [1.165, 1.54) is 24.3 Å². The van der Waals surface area contributed by atoms with Crippen LogP contribution in [0.4, 0.5) is 21.9 Å². The van der Waals surface area contributed by atoms with Gasteiger partial charge in [-0.15, -0.1) is 0 Å². The van der Waals surface area contributed by atoms with Gasteiger partial charge in [0.1, 0.15) is 10.9 Å². The smallest absolute Gasteiger partial charge is 0.326 e. The molecule has 1 atom stereocenters. The van der Waals surface area contributed by atoms with E-state index >= 15 is 0 Å². The fraction of sp³-hybridized carbons (Fsp3) is 0.0690. The molecule has 3 amide bonds. The van der Waals surface area contributed by atoms with Crippen molar-refractivity contribution < 1.29 is 27.9 Å². The summed E-state index contributed by atoms with van der Waals surface area (Å²) in [5, 5.41) is 17.6. The first-order chi connectivity index (χ1) is 20.0. The highest BCUT2D eigenvalue weighted by molar-refractivity contribution is 7.92. The van der Waals surface area contributed by atoms with Gasteiger partial charge in [0.2, 0.25) is 0 Å². The number of rotatable bonds is 10. The second kappa shape index (κ2) is 13.4. The first-order valence-electron chi connectivity index (χ1n) is 12.3. The molecule has 42 heavy (non-hydrogen) atoms. The first-order valence-corrected chi connectivity index (χ1v) is 14.6. The molecule has 10 nitrogen and oxygen atoms in total. The predicted octanol–water partition coefficient (Wildman–Crippen LogP) is 5.86. The van der Waals surface area contributed by atoms with E-state index in [0.717, 1.165) is 0 Å². The van der Waals surface area contributed by atoms with Gasteiger partial charge < -0.3 is 21.1 Å². The van der Waals surface area contributed by atoms with E-state index in [-0.39, 0.29) is 32.6 Å². The molecule has 5 N–H and O–H groups in total. The number of benzene rings is 4. The number of hydrogen-bond acceptors (Lipinski definition) is 5. The number of halogens is 2. The molecule has 13 heteroatoms. The maximum absolute atomic E-state index is 13.0. The zero-order chi connectivity index (χ0) is 30.3. The Bertz CT molecular complexity index is 1700. The molecule has 0 saturated heterocycles. The van der Waals surface area contributed by atoms with Crippen molar-refractivity contribution >= 4 is 68.2 Å². The lowest BCUT2D eigenvalue weighted by molar-refractivity contribution is -0.139. The molecule has 0 saturated carbocycles. The number of amides is 3. The molecular weight excluding hydrogens is 603 g/mol. The Kier molecular flexibility index (Phi) is 9.68. The van der Waals surface area contributed by atoms with Crippen LogP contribution >= 0.6 is 23.2 Å². The van der Waals surface area contributed by atoms with Crippen LogP contribution in [0.2, 0.25) is 10.0 Å². The number of carboxylic acid groups (broad SMARTS) is 1. The fourth-order valence-corrected chi connectivity index (χ4v) is 5.70. The molecule has 0 aliphatic rings. The van der Waals surface area contributed by atoms with Crippen LogP contribution in [0.5, 0.6) is 0 Å². The molecule has 4 aromatic rings. The standard InChI is InChI=1S/C29H24Cl2N4O6S/c30-21-9-6-10-22(31)26(21)27(36)32-19-15-13-18(14-16-19)17-24(28(37)38)34-29(39)33-23-11-4-5-12-25(23)42(40,41)35-20-7-2-1-3-8-20/h1-16,24,35H,17H2,(H,32,36)(H,37,38)(H2,33,34,39)/t24-/m0/s1. The summed E-state index contributed by atoms with van der Waals surface area (Å²) in [4.78, 5) is 37.1. The molecule has 0 bridgehead atoms. The number of hydrogen-bond donors (Lipinski definition) is 5. The van der Waals surface area contributed by atoms with Crippen LogP contribution in [0.25, 0.3) is 0 Å². The van der Waals surface area contributed by atoms with Gasteiger partial charge in [0, 0.05) is 17.8 Å². The molecule has 4 aromatic carbocycles. The lowest BCUT2D eigenvalue weighted by Gasteiger charge is -2.17. The zero-order valence-corrected chi connectivity index (χ0v) is 24.0. The molecule has 216 valence electrons. The summed E-state index contributed by atoms with van der Waals surface area (Å²) in [6.07, 6.45) is -0.0944. The van der Waals surface area contributed by atoms with Crippen molar-refractivity contribution in [3.63, 3.8) is 0 Å². The number of carboxylic acids is 1. The van der Waals surface area contributed by atoms with Gasteiger partial charge in [0.15, 0.2) is 0 Å². The van der Waals surface area contributed by atoms with Crippen molar-refractivity contribution in [1.29, 1.82) is 0 Å². The molecule has 0 heterocycles. The highest BCUT2D eigenvalue weighted by Crippen LogP contribution is 2.26. The van der Waals surface area contributed by atoms with Crippen molar-refractivity contribution in [2.75, 3.05) is 15.4 Å². The minimum absolute atomic E-state index is 0.0405. The van der Waals surface area contributed by atoms with Crippen molar-refractivity contribution in [3.05, 3.63) is 118 Å². The van der Waals surface area contributed by atoms with Gasteiger partial charge in [0.05, 0.1) is 21.3 Å². The summed E-state index contributed by atoms with van der Waals surface area (Å²) in [6, 6.07) is 22.7. The number of aliphatic carboxylic acids is 1. The summed E-state index contributed by atoms with van der Waals surface area (Å²) < 4.78 is 28.4. The van der Waals surface area contributed by atoms with Gasteiger partial charge in [0.25, 0.3) is 15.9 Å². The van der Waals surface area contributed by atoms with Crippen molar-refractivity contribution in [2.24, 2.45) is 0 Å². The zero-order valence-electron chi connectivity index (χ0n) is 21.7. The molecule has 0 spiro atoms. The van der Waals surface area contributed by atoms with E-state index in [4.69, 9.17) is 23.2 Å². The summed E-state index contributed by atoms with van der Waals surface area (Å²) in [6.45, 7) is 0. The van der Waals surface area contributed by atoms with Gasteiger partial charge in [-0.1, -0.05) is 71.7 Å². The molecule has 4 rings (SSSR count). The Labute approximate surface area is 251 Å². The molecule has 0 radical (unpaired) electrons. The summed E-state index contributed by atoms with van der Waals surface area (Å²) in [5.74, 6) is -1.82. The van der Waals surface area contributed by atoms with Crippen LogP contribution < -0.4 is 20.7 Å². The summed E-state index contributed by atoms with van der Waals surface area (Å²) >= 11 is 12.2. The highest BCUT2D eigenvalue weighted by atomic mass is 35.5. The normalized spacial score (nSPS) is 11.7. The minimum Gasteiger partial charge on any atom is -0.480 e. The van der Waals surface area contributed by atoms with Gasteiger partial charge in [-0.3, -0.25) is 9.52 Å². The molecule has 0 aromatic heterocycles. The number of urea groups is 1. The van der Waals surface area contributed by atoms with Gasteiger partial charge in [-0.25, -0.2) is 18.0 Å². The van der Waals surface area contributed by atoms with E-state index in [9.17, 15) is 27.9 Å². The van der Waals surface area contributed by atoms with Crippen LogP contribution in [0.15, 0.2) is 102 Å². The molecule has 0 aliphatic carbocycles. The van der Waals surface area contributed by atoms with Gasteiger partial charge >= 0.3 is 12.0 Å². The lowest BCUT2D eigenvalue weighted by Crippen LogP contribution is -2.44. The SMILES string of the molecule is O=C(Nc1ccccc1S(=O)(=O)Nc1ccccc1)N[C@@H](Cc1ccc(NC(=O)c2c(Cl)cccc2Cl)cc1)C(=O)O. The van der Waals surface area contributed by atoms with Crippen LogP contribution in [-0.4, -0.2) is 37.5 Å². The van der Waals surface area contributed by atoms with E-state index in [1.807, 2.05) is 0 Å². The third kappa shape index (κ3) is 7.78. The predicted molar refractivity (Wildman–Crippen MR) is 162 cm³/mol. The largest absolute Gasteiger partial charge is 0.480 e. The number of sulfonamides is 1. The van der Waals surface area contributed by atoms with E-state index in [0.29, 0.717) is 16.9 Å². The number of anilines is 3. The Morgan fingerprint density at radius 3 is 2.00 bits per heavy atom. The van der Waals surface area contributed by atoms with Gasteiger partial charge in [-0.05, 0) is 54.1 Å². The Morgan fingerprint density at radius 1 is 0.738 bits per heavy atom.